The van der Waals surface area contributed by atoms with Gasteiger partial charge in [-0.25, -0.2) is 0 Å². The molecule has 1 saturated heterocycles. The zero-order valence-corrected chi connectivity index (χ0v) is 11.7. The minimum Gasteiger partial charge on any atom is -0.366 e. The van der Waals surface area contributed by atoms with E-state index >= 15 is 0 Å². The topological polar surface area (TPSA) is 79.5 Å². The molecule has 1 aromatic rings. The number of hydrogen-bond acceptors (Lipinski definition) is 4. The largest absolute Gasteiger partial charge is 0.366 e. The van der Waals surface area contributed by atoms with Crippen LogP contribution in [0, 0.1) is 6.92 Å². The lowest BCUT2D eigenvalue weighted by atomic mass is 10.1. The molecule has 0 spiro atoms. The van der Waals surface area contributed by atoms with E-state index in [-0.39, 0.29) is 11.8 Å². The Labute approximate surface area is 117 Å². The summed E-state index contributed by atoms with van der Waals surface area (Å²) in [5, 5.41) is 8.66. The number of morpholine rings is 1. The van der Waals surface area contributed by atoms with Gasteiger partial charge < -0.3 is 20.7 Å². The highest BCUT2D eigenvalue weighted by Gasteiger charge is 2.21. The van der Waals surface area contributed by atoms with Crippen molar-refractivity contribution in [2.45, 2.75) is 20.0 Å². The number of benzene rings is 1. The predicted octanol–water partition coefficient (Wildman–Crippen LogP) is 0.880. The number of ether oxygens (including phenoxy) is 1. The number of hydrogen-bond donors (Lipinski definition) is 3. The van der Waals surface area contributed by atoms with Crippen LogP contribution in [-0.2, 0) is 14.3 Å². The van der Waals surface area contributed by atoms with Crippen LogP contribution in [0.3, 0.4) is 0 Å². The predicted molar refractivity (Wildman–Crippen MR) is 76.7 cm³/mol. The SMILES string of the molecule is CC(=O)Nc1ccc(NC(=O)C2CNCCO2)cc1C. The molecule has 0 bridgehead atoms. The third-order valence-corrected chi connectivity index (χ3v) is 3.02. The third kappa shape index (κ3) is 3.79. The van der Waals surface area contributed by atoms with E-state index in [1.165, 1.54) is 6.92 Å². The molecule has 1 aliphatic rings. The Balaban J connectivity index is 2.00. The van der Waals surface area contributed by atoms with Crippen LogP contribution in [0.25, 0.3) is 0 Å². The second-order valence-corrected chi connectivity index (χ2v) is 4.76. The van der Waals surface area contributed by atoms with E-state index in [2.05, 4.69) is 16.0 Å². The first kappa shape index (κ1) is 14.5. The van der Waals surface area contributed by atoms with Crippen LogP contribution in [0.5, 0.6) is 0 Å². The summed E-state index contributed by atoms with van der Waals surface area (Å²) in [7, 11) is 0. The highest BCUT2D eigenvalue weighted by Crippen LogP contribution is 2.20. The smallest absolute Gasteiger partial charge is 0.254 e. The summed E-state index contributed by atoms with van der Waals surface area (Å²) in [6, 6.07) is 5.35. The Bertz CT molecular complexity index is 510. The quantitative estimate of drug-likeness (QED) is 0.766. The van der Waals surface area contributed by atoms with Crippen LogP contribution in [0.15, 0.2) is 18.2 Å². The van der Waals surface area contributed by atoms with Crippen molar-refractivity contribution in [2.24, 2.45) is 0 Å². The fourth-order valence-corrected chi connectivity index (χ4v) is 2.03. The van der Waals surface area contributed by atoms with Gasteiger partial charge in [0.15, 0.2) is 0 Å². The monoisotopic (exact) mass is 277 g/mol. The van der Waals surface area contributed by atoms with Crippen molar-refractivity contribution >= 4 is 23.2 Å². The number of carbonyl (C=O) groups excluding carboxylic acids is 2. The number of amides is 2. The molecule has 1 atom stereocenters. The van der Waals surface area contributed by atoms with Crippen LogP contribution < -0.4 is 16.0 Å². The number of carbonyl (C=O) groups is 2. The first-order valence-electron chi connectivity index (χ1n) is 6.57. The van der Waals surface area contributed by atoms with Crippen molar-refractivity contribution in [3.8, 4) is 0 Å². The lowest BCUT2D eigenvalue weighted by Gasteiger charge is -2.22. The van der Waals surface area contributed by atoms with Crippen LogP contribution in [-0.4, -0.2) is 37.6 Å². The molecule has 1 aromatic carbocycles. The molecular formula is C14H19N3O3. The molecule has 1 fully saturated rings. The second-order valence-electron chi connectivity index (χ2n) is 4.76. The summed E-state index contributed by atoms with van der Waals surface area (Å²) in [6.07, 6.45) is -0.459. The average Bonchev–Trinajstić information content (AvgIpc) is 2.42. The fourth-order valence-electron chi connectivity index (χ4n) is 2.03. The van der Waals surface area contributed by atoms with Crippen molar-refractivity contribution in [1.82, 2.24) is 5.32 Å². The van der Waals surface area contributed by atoms with E-state index in [4.69, 9.17) is 4.74 Å². The molecule has 2 rings (SSSR count). The van der Waals surface area contributed by atoms with Crippen LogP contribution in [0.4, 0.5) is 11.4 Å². The third-order valence-electron chi connectivity index (χ3n) is 3.02. The summed E-state index contributed by atoms with van der Waals surface area (Å²) >= 11 is 0. The van der Waals surface area contributed by atoms with E-state index < -0.39 is 6.10 Å². The standard InChI is InChI=1S/C14H19N3O3/c1-9-7-11(3-4-12(9)16-10(2)18)17-14(19)13-8-15-5-6-20-13/h3-4,7,13,15H,5-6,8H2,1-2H3,(H,16,18)(H,17,19). The van der Waals surface area contributed by atoms with Gasteiger partial charge in [0.2, 0.25) is 5.91 Å². The van der Waals surface area contributed by atoms with Crippen LogP contribution >= 0.6 is 0 Å². The minimum atomic E-state index is -0.459. The van der Waals surface area contributed by atoms with E-state index in [1.807, 2.05) is 13.0 Å². The molecule has 20 heavy (non-hydrogen) atoms. The van der Waals surface area contributed by atoms with E-state index in [9.17, 15) is 9.59 Å². The number of anilines is 2. The maximum absolute atomic E-state index is 12.0. The molecule has 3 N–H and O–H groups in total. The summed E-state index contributed by atoms with van der Waals surface area (Å²) in [5.41, 5.74) is 2.32. The zero-order valence-electron chi connectivity index (χ0n) is 11.7. The first-order valence-corrected chi connectivity index (χ1v) is 6.57. The van der Waals surface area contributed by atoms with Gasteiger partial charge in [-0.1, -0.05) is 0 Å². The lowest BCUT2D eigenvalue weighted by molar-refractivity contribution is -0.128. The van der Waals surface area contributed by atoms with E-state index in [1.54, 1.807) is 12.1 Å². The molecule has 0 aromatic heterocycles. The van der Waals surface area contributed by atoms with Crippen LogP contribution in [0.2, 0.25) is 0 Å². The number of nitrogens with one attached hydrogen (secondary N) is 3. The van der Waals surface area contributed by atoms with E-state index in [0.717, 1.165) is 17.8 Å². The van der Waals surface area contributed by atoms with Gasteiger partial charge in [0.05, 0.1) is 6.61 Å². The maximum Gasteiger partial charge on any atom is 0.254 e. The van der Waals surface area contributed by atoms with Crippen molar-refractivity contribution in [2.75, 3.05) is 30.3 Å². The van der Waals surface area contributed by atoms with Gasteiger partial charge in [-0.15, -0.1) is 0 Å². The Morgan fingerprint density at radius 2 is 2.15 bits per heavy atom. The molecule has 0 aliphatic carbocycles. The van der Waals surface area contributed by atoms with Gasteiger partial charge in [-0.05, 0) is 30.7 Å². The van der Waals surface area contributed by atoms with Gasteiger partial charge in [0.25, 0.3) is 5.91 Å². The lowest BCUT2D eigenvalue weighted by Crippen LogP contribution is -2.45. The number of rotatable bonds is 3. The molecule has 1 heterocycles. The van der Waals surface area contributed by atoms with Gasteiger partial charge in [0, 0.05) is 31.4 Å². The Morgan fingerprint density at radius 3 is 2.75 bits per heavy atom. The minimum absolute atomic E-state index is 0.119. The fraction of sp³-hybridized carbons (Fsp3) is 0.429. The second kappa shape index (κ2) is 6.49. The first-order chi connectivity index (χ1) is 9.56. The van der Waals surface area contributed by atoms with Crippen molar-refractivity contribution in [3.63, 3.8) is 0 Å². The summed E-state index contributed by atoms with van der Waals surface area (Å²) in [5.74, 6) is -0.282. The molecule has 2 amide bonds. The molecule has 1 aliphatic heterocycles. The molecule has 108 valence electrons. The molecule has 6 heteroatoms. The van der Waals surface area contributed by atoms with E-state index in [0.29, 0.717) is 18.8 Å². The molecule has 0 radical (unpaired) electrons. The van der Waals surface area contributed by atoms with Gasteiger partial charge in [-0.3, -0.25) is 9.59 Å². The molecule has 1 unspecified atom stereocenters. The summed E-state index contributed by atoms with van der Waals surface area (Å²) in [6.45, 7) is 5.17. The highest BCUT2D eigenvalue weighted by atomic mass is 16.5. The summed E-state index contributed by atoms with van der Waals surface area (Å²) < 4.78 is 5.39. The van der Waals surface area contributed by atoms with Crippen molar-refractivity contribution in [3.05, 3.63) is 23.8 Å². The maximum atomic E-state index is 12.0. The van der Waals surface area contributed by atoms with Gasteiger partial charge in [0.1, 0.15) is 6.10 Å². The average molecular weight is 277 g/mol. The van der Waals surface area contributed by atoms with Gasteiger partial charge in [-0.2, -0.15) is 0 Å². The number of aryl methyl sites for hydroxylation is 1. The Morgan fingerprint density at radius 1 is 1.35 bits per heavy atom. The Kier molecular flexibility index (Phi) is 4.70. The molecule has 6 nitrogen and oxygen atoms in total. The van der Waals surface area contributed by atoms with Crippen molar-refractivity contribution < 1.29 is 14.3 Å². The normalized spacial score (nSPS) is 18.4. The highest BCUT2D eigenvalue weighted by molar-refractivity contribution is 5.95. The molecule has 0 saturated carbocycles. The zero-order chi connectivity index (χ0) is 14.5. The molecular weight excluding hydrogens is 258 g/mol. The summed E-state index contributed by atoms with van der Waals surface area (Å²) in [4.78, 5) is 23.0. The van der Waals surface area contributed by atoms with Crippen LogP contribution in [0.1, 0.15) is 12.5 Å². The van der Waals surface area contributed by atoms with Crippen molar-refractivity contribution in [1.29, 1.82) is 0 Å². The Hall–Kier alpha value is -1.92. The van der Waals surface area contributed by atoms with Gasteiger partial charge >= 0.3 is 0 Å².